The van der Waals surface area contributed by atoms with Crippen molar-refractivity contribution in [2.75, 3.05) is 18.4 Å². The van der Waals surface area contributed by atoms with Crippen LogP contribution in [0.1, 0.15) is 33.2 Å². The van der Waals surface area contributed by atoms with Crippen LogP contribution in [0.25, 0.3) is 0 Å². The Labute approximate surface area is 181 Å². The molecule has 2 amide bonds. The first-order valence-electron chi connectivity index (χ1n) is 10.00. The average Bonchev–Trinajstić information content (AvgIpc) is 3.26. The minimum atomic E-state index is -0.231. The molecule has 4 N–H and O–H groups in total. The van der Waals surface area contributed by atoms with E-state index in [9.17, 15) is 9.59 Å². The van der Waals surface area contributed by atoms with Gasteiger partial charge in [-0.05, 0) is 49.4 Å². The minimum absolute atomic E-state index is 0.0474. The van der Waals surface area contributed by atoms with Gasteiger partial charge in [0.25, 0.3) is 5.91 Å². The summed E-state index contributed by atoms with van der Waals surface area (Å²) in [7, 11) is 0. The van der Waals surface area contributed by atoms with E-state index in [4.69, 9.17) is 0 Å². The van der Waals surface area contributed by atoms with Crippen molar-refractivity contribution in [3.8, 4) is 0 Å². The van der Waals surface area contributed by atoms with Crippen LogP contribution in [0.3, 0.4) is 0 Å². The maximum atomic E-state index is 12.4. The Bertz CT molecular complexity index is 998. The first-order valence-corrected chi connectivity index (χ1v) is 10.9. The Morgan fingerprint density at radius 2 is 1.73 bits per heavy atom. The summed E-state index contributed by atoms with van der Waals surface area (Å²) in [6, 6.07) is 18.3. The molecule has 0 aliphatic carbocycles. The largest absolute Gasteiger partial charge is 0.342 e. The maximum Gasteiger partial charge on any atom is 0.275 e. The Morgan fingerprint density at radius 3 is 2.43 bits per heavy atom. The molecule has 30 heavy (non-hydrogen) atoms. The Morgan fingerprint density at radius 1 is 0.967 bits per heavy atom. The number of anilines is 1. The smallest absolute Gasteiger partial charge is 0.275 e. The highest BCUT2D eigenvalue weighted by molar-refractivity contribution is 7.10. The molecule has 0 aliphatic rings. The molecule has 0 aliphatic heterocycles. The van der Waals surface area contributed by atoms with Crippen LogP contribution >= 0.6 is 11.3 Å². The van der Waals surface area contributed by atoms with Gasteiger partial charge in [0.2, 0.25) is 5.91 Å². The van der Waals surface area contributed by atoms with Gasteiger partial charge in [0, 0.05) is 11.3 Å². The Kier molecular flexibility index (Phi) is 7.38. The molecule has 0 spiro atoms. The van der Waals surface area contributed by atoms with Crippen LogP contribution in [0.5, 0.6) is 0 Å². The quantitative estimate of drug-likeness (QED) is 0.522. The lowest BCUT2D eigenvalue weighted by atomic mass is 10.0. The van der Waals surface area contributed by atoms with E-state index in [1.165, 1.54) is 10.4 Å². The van der Waals surface area contributed by atoms with Crippen LogP contribution in [0.4, 0.5) is 5.69 Å². The number of hydrogen-bond acceptors (Lipinski definition) is 3. The topological polar surface area (TPSA) is 74.8 Å². The third-order valence-electron chi connectivity index (χ3n) is 5.15. The molecule has 0 radical (unpaired) electrons. The molecule has 6 heteroatoms. The summed E-state index contributed by atoms with van der Waals surface area (Å²) in [6.07, 6.45) is 0. The zero-order valence-corrected chi connectivity index (χ0v) is 18.4. The van der Waals surface area contributed by atoms with Gasteiger partial charge < -0.3 is 16.0 Å². The predicted molar refractivity (Wildman–Crippen MR) is 122 cm³/mol. The molecule has 0 saturated heterocycles. The SMILES string of the molecule is Cc1ccc([C@H]([NH2+]CC(=O)NCC(=O)Nc2cccc(C)c2C)c2cccs2)cc1. The van der Waals surface area contributed by atoms with E-state index in [1.807, 2.05) is 48.8 Å². The van der Waals surface area contributed by atoms with Gasteiger partial charge in [-0.15, -0.1) is 11.3 Å². The fourth-order valence-electron chi connectivity index (χ4n) is 3.22. The Hall–Kier alpha value is -2.96. The molecule has 0 bridgehead atoms. The first kappa shape index (κ1) is 21.7. The highest BCUT2D eigenvalue weighted by atomic mass is 32.1. The van der Waals surface area contributed by atoms with Gasteiger partial charge in [0.1, 0.15) is 6.04 Å². The van der Waals surface area contributed by atoms with Crippen molar-refractivity contribution < 1.29 is 14.9 Å². The highest BCUT2D eigenvalue weighted by Crippen LogP contribution is 2.23. The molecule has 1 heterocycles. The van der Waals surface area contributed by atoms with Gasteiger partial charge >= 0.3 is 0 Å². The number of benzene rings is 2. The number of nitrogens with one attached hydrogen (secondary N) is 2. The summed E-state index contributed by atoms with van der Waals surface area (Å²) < 4.78 is 0. The number of carbonyl (C=O) groups excluding carboxylic acids is 2. The maximum absolute atomic E-state index is 12.4. The zero-order chi connectivity index (χ0) is 21.5. The lowest BCUT2D eigenvalue weighted by molar-refractivity contribution is -0.676. The third-order valence-corrected chi connectivity index (χ3v) is 6.11. The van der Waals surface area contributed by atoms with Crippen molar-refractivity contribution in [1.82, 2.24) is 5.32 Å². The molecule has 1 aromatic heterocycles. The van der Waals surface area contributed by atoms with Crippen molar-refractivity contribution in [2.24, 2.45) is 0 Å². The van der Waals surface area contributed by atoms with Gasteiger partial charge in [-0.3, -0.25) is 9.59 Å². The van der Waals surface area contributed by atoms with Gasteiger partial charge in [0.15, 0.2) is 6.54 Å². The van der Waals surface area contributed by atoms with Crippen LogP contribution < -0.4 is 16.0 Å². The Balaban J connectivity index is 1.53. The van der Waals surface area contributed by atoms with E-state index < -0.39 is 0 Å². The van der Waals surface area contributed by atoms with E-state index in [0.717, 1.165) is 22.4 Å². The molecule has 156 valence electrons. The van der Waals surface area contributed by atoms with E-state index in [1.54, 1.807) is 11.3 Å². The third kappa shape index (κ3) is 5.78. The van der Waals surface area contributed by atoms with Crippen LogP contribution in [0, 0.1) is 20.8 Å². The average molecular weight is 423 g/mol. The second-order valence-corrected chi connectivity index (χ2v) is 8.40. The van der Waals surface area contributed by atoms with Crippen LogP contribution in [0.2, 0.25) is 0 Å². The first-order chi connectivity index (χ1) is 14.4. The van der Waals surface area contributed by atoms with E-state index >= 15 is 0 Å². The minimum Gasteiger partial charge on any atom is -0.342 e. The predicted octanol–water partition coefficient (Wildman–Crippen LogP) is 3.08. The van der Waals surface area contributed by atoms with Crippen molar-refractivity contribution in [3.63, 3.8) is 0 Å². The second-order valence-electron chi connectivity index (χ2n) is 7.42. The van der Waals surface area contributed by atoms with Gasteiger partial charge in [-0.2, -0.15) is 0 Å². The number of hydrogen-bond donors (Lipinski definition) is 3. The fraction of sp³-hybridized carbons (Fsp3) is 0.250. The van der Waals surface area contributed by atoms with Crippen molar-refractivity contribution >= 4 is 28.8 Å². The molecule has 2 aromatic carbocycles. The van der Waals surface area contributed by atoms with Crippen LogP contribution in [-0.2, 0) is 9.59 Å². The number of thiophene rings is 1. The van der Waals surface area contributed by atoms with E-state index in [2.05, 4.69) is 47.9 Å². The number of aryl methyl sites for hydroxylation is 2. The molecule has 3 rings (SSSR count). The summed E-state index contributed by atoms with van der Waals surface area (Å²) in [6.45, 7) is 6.22. The zero-order valence-electron chi connectivity index (χ0n) is 17.6. The van der Waals surface area contributed by atoms with Crippen molar-refractivity contribution in [3.05, 3.63) is 87.1 Å². The molecule has 3 aromatic rings. The standard InChI is InChI=1S/C24H27N3O2S/c1-16-9-11-19(12-10-16)24(21-8-5-13-30-21)26-14-22(28)25-15-23(29)27-20-7-4-6-17(2)18(20)3/h4-13,24,26H,14-15H2,1-3H3,(H,25,28)(H,27,29)/p+1/t24-/m0/s1. The van der Waals surface area contributed by atoms with Crippen molar-refractivity contribution in [2.45, 2.75) is 26.8 Å². The number of quaternary nitrogens is 1. The molecule has 1 atom stereocenters. The van der Waals surface area contributed by atoms with Gasteiger partial charge in [-0.25, -0.2) is 0 Å². The molecular weight excluding hydrogens is 394 g/mol. The molecule has 0 fully saturated rings. The second kappa shape index (κ2) is 10.2. The van der Waals surface area contributed by atoms with E-state index in [-0.39, 0.29) is 30.9 Å². The molecular formula is C24H28N3O2S+. The summed E-state index contributed by atoms with van der Waals surface area (Å²) in [5.41, 5.74) is 5.28. The number of rotatable bonds is 8. The molecule has 5 nitrogen and oxygen atoms in total. The van der Waals surface area contributed by atoms with Gasteiger partial charge in [0.05, 0.1) is 11.4 Å². The number of amides is 2. The summed E-state index contributed by atoms with van der Waals surface area (Å²) >= 11 is 1.68. The lowest BCUT2D eigenvalue weighted by Gasteiger charge is -2.15. The fourth-order valence-corrected chi connectivity index (χ4v) is 4.07. The molecule has 0 unspecified atom stereocenters. The highest BCUT2D eigenvalue weighted by Gasteiger charge is 2.20. The number of carbonyl (C=O) groups is 2. The summed E-state index contributed by atoms with van der Waals surface area (Å²) in [4.78, 5) is 25.8. The lowest BCUT2D eigenvalue weighted by Crippen LogP contribution is -2.87. The summed E-state index contributed by atoms with van der Waals surface area (Å²) in [5, 5.41) is 9.63. The normalized spacial score (nSPS) is 11.7. The van der Waals surface area contributed by atoms with Crippen LogP contribution in [-0.4, -0.2) is 24.9 Å². The van der Waals surface area contributed by atoms with Crippen molar-refractivity contribution in [1.29, 1.82) is 0 Å². The molecule has 0 saturated carbocycles. The monoisotopic (exact) mass is 422 g/mol. The summed E-state index contributed by atoms with van der Waals surface area (Å²) in [5.74, 6) is -0.398. The number of nitrogens with two attached hydrogens (primary N) is 1. The van der Waals surface area contributed by atoms with Crippen LogP contribution in [0.15, 0.2) is 60.0 Å². The van der Waals surface area contributed by atoms with E-state index in [0.29, 0.717) is 0 Å². The van der Waals surface area contributed by atoms with Gasteiger partial charge in [-0.1, -0.05) is 48.0 Å².